The molecule has 1 amide bonds. The molecule has 0 spiro atoms. The highest BCUT2D eigenvalue weighted by molar-refractivity contribution is 7.89. The highest BCUT2D eigenvalue weighted by Gasteiger charge is 2.35. The third kappa shape index (κ3) is 5.64. The Morgan fingerprint density at radius 1 is 1.18 bits per heavy atom. The average molecular weight is 496 g/mol. The minimum atomic E-state index is -4.07. The van der Waals surface area contributed by atoms with Crippen molar-refractivity contribution in [2.75, 3.05) is 39.8 Å². The van der Waals surface area contributed by atoms with Crippen molar-refractivity contribution in [1.82, 2.24) is 19.5 Å². The Hall–Kier alpha value is -2.24. The molecule has 1 saturated carbocycles. The molecule has 1 aromatic carbocycles. The van der Waals surface area contributed by atoms with E-state index in [1.165, 1.54) is 26.0 Å². The number of carbonyl (C=O) groups is 1. The molecule has 1 aliphatic heterocycles. The summed E-state index contributed by atoms with van der Waals surface area (Å²) in [6, 6.07) is 8.03. The summed E-state index contributed by atoms with van der Waals surface area (Å²) in [5.74, 6) is -0.0942. The molecule has 1 aromatic heterocycles. The van der Waals surface area contributed by atoms with E-state index in [0.717, 1.165) is 18.7 Å². The summed E-state index contributed by atoms with van der Waals surface area (Å²) in [5, 5.41) is 0. The van der Waals surface area contributed by atoms with Gasteiger partial charge in [0.25, 0.3) is 0 Å². The smallest absolute Gasteiger partial charge is 0.245 e. The number of methoxy groups -OCH3 is 1. The summed E-state index contributed by atoms with van der Waals surface area (Å²) >= 11 is 0. The number of nitrogens with two attached hydrogens (primary N) is 1. The molecule has 3 N–H and O–H groups in total. The van der Waals surface area contributed by atoms with Gasteiger partial charge in [-0.3, -0.25) is 14.7 Å². The van der Waals surface area contributed by atoms with Crippen molar-refractivity contribution < 1.29 is 17.9 Å². The van der Waals surface area contributed by atoms with Gasteiger partial charge in [-0.2, -0.15) is 4.72 Å². The predicted molar refractivity (Wildman–Crippen MR) is 128 cm³/mol. The molecule has 33 heavy (non-hydrogen) atoms. The van der Waals surface area contributed by atoms with E-state index in [1.54, 1.807) is 41.6 Å². The maximum atomic E-state index is 13.3. The number of nitrogens with zero attached hydrogens (tertiary/aromatic N) is 3. The lowest BCUT2D eigenvalue weighted by Gasteiger charge is -2.36. The van der Waals surface area contributed by atoms with Gasteiger partial charge < -0.3 is 15.4 Å². The van der Waals surface area contributed by atoms with Crippen molar-refractivity contribution in [1.29, 1.82) is 0 Å². The van der Waals surface area contributed by atoms with Gasteiger partial charge in [-0.15, -0.1) is 12.4 Å². The molecule has 1 saturated heterocycles. The van der Waals surface area contributed by atoms with Gasteiger partial charge in [0.05, 0.1) is 7.11 Å². The van der Waals surface area contributed by atoms with E-state index in [4.69, 9.17) is 10.5 Å². The van der Waals surface area contributed by atoms with E-state index in [9.17, 15) is 13.2 Å². The molecule has 0 radical (unpaired) electrons. The van der Waals surface area contributed by atoms with Crippen molar-refractivity contribution in [2.45, 2.75) is 29.8 Å². The Morgan fingerprint density at radius 3 is 2.42 bits per heavy atom. The molecule has 1 aliphatic carbocycles. The van der Waals surface area contributed by atoms with Gasteiger partial charge >= 0.3 is 0 Å². The van der Waals surface area contributed by atoms with Crippen LogP contribution < -0.4 is 15.2 Å². The second kappa shape index (κ2) is 10.8. The first-order chi connectivity index (χ1) is 15.4. The van der Waals surface area contributed by atoms with Crippen LogP contribution in [0.15, 0.2) is 47.6 Å². The number of ether oxygens (including phenoxy) is 1. The van der Waals surface area contributed by atoms with Gasteiger partial charge in [0, 0.05) is 56.7 Å². The van der Waals surface area contributed by atoms with Gasteiger partial charge in [0.15, 0.2) is 0 Å². The number of piperazine rings is 1. The van der Waals surface area contributed by atoms with E-state index >= 15 is 0 Å². The van der Waals surface area contributed by atoms with Crippen LogP contribution >= 0.6 is 12.4 Å². The Labute approximate surface area is 200 Å². The number of rotatable bonds is 8. The maximum Gasteiger partial charge on any atom is 0.245 e. The summed E-state index contributed by atoms with van der Waals surface area (Å²) in [5.41, 5.74) is 7.21. The number of pyridine rings is 1. The van der Waals surface area contributed by atoms with Crippen molar-refractivity contribution in [2.24, 2.45) is 5.73 Å². The summed E-state index contributed by atoms with van der Waals surface area (Å²) in [6.45, 7) is 2.64. The lowest BCUT2D eigenvalue weighted by atomic mass is 10.1. The molecule has 4 rings (SSSR count). The highest BCUT2D eigenvalue weighted by Crippen LogP contribution is 2.35. The zero-order valence-corrected chi connectivity index (χ0v) is 20.1. The van der Waals surface area contributed by atoms with Crippen LogP contribution in [0.3, 0.4) is 0 Å². The molecule has 2 aromatic rings. The number of hydrogen-bond donors (Lipinski definition) is 2. The standard InChI is InChI=1S/C22H29N5O4S.ClH/c1-31-21-18(16-7-9-24-10-8-16)3-2-4-20(21)32(29,30)25-19(15-23)22(28)27-13-11-26(12-14-27)17-5-6-17;/h2-4,7-10,17,19,25H,5-6,11-15,23H2,1H3;1H/t19-;/m0./s1. The average Bonchev–Trinajstić information content (AvgIpc) is 3.68. The lowest BCUT2D eigenvalue weighted by molar-refractivity contribution is -0.134. The number of halogens is 1. The highest BCUT2D eigenvalue weighted by atomic mass is 35.5. The number of benzene rings is 1. The molecule has 0 unspecified atom stereocenters. The molecular formula is C22H30ClN5O4S. The molecule has 2 aliphatic rings. The second-order valence-corrected chi connectivity index (χ2v) is 9.76. The summed E-state index contributed by atoms with van der Waals surface area (Å²) in [4.78, 5) is 21.1. The Kier molecular flexibility index (Phi) is 8.30. The third-order valence-electron chi connectivity index (χ3n) is 5.98. The molecule has 1 atom stereocenters. The van der Waals surface area contributed by atoms with Gasteiger partial charge in [0.2, 0.25) is 15.9 Å². The fourth-order valence-electron chi connectivity index (χ4n) is 4.11. The Morgan fingerprint density at radius 2 is 1.85 bits per heavy atom. The van der Waals surface area contributed by atoms with Gasteiger partial charge in [-0.25, -0.2) is 8.42 Å². The van der Waals surface area contributed by atoms with E-state index in [-0.39, 0.29) is 35.5 Å². The largest absolute Gasteiger partial charge is 0.495 e. The molecular weight excluding hydrogens is 466 g/mol. The van der Waals surface area contributed by atoms with Crippen LogP contribution in [0.1, 0.15) is 12.8 Å². The minimum absolute atomic E-state index is 0. The zero-order valence-electron chi connectivity index (χ0n) is 18.5. The van der Waals surface area contributed by atoms with E-state index in [1.807, 2.05) is 0 Å². The van der Waals surface area contributed by atoms with Crippen LogP contribution in [-0.4, -0.2) is 81.0 Å². The van der Waals surface area contributed by atoms with Gasteiger partial charge in [-0.05, 0) is 36.6 Å². The molecule has 11 heteroatoms. The number of hydrogen-bond acceptors (Lipinski definition) is 7. The zero-order chi connectivity index (χ0) is 22.7. The van der Waals surface area contributed by atoms with Crippen molar-refractivity contribution in [3.8, 4) is 16.9 Å². The molecule has 180 valence electrons. The fraction of sp³-hybridized carbons (Fsp3) is 0.455. The van der Waals surface area contributed by atoms with Gasteiger partial charge in [-0.1, -0.05) is 12.1 Å². The Bertz CT molecular complexity index is 1060. The van der Waals surface area contributed by atoms with Crippen molar-refractivity contribution >= 4 is 28.3 Å². The number of para-hydroxylation sites is 1. The normalized spacial score (nSPS) is 17.8. The number of carbonyl (C=O) groups excluding carboxylic acids is 1. The monoisotopic (exact) mass is 495 g/mol. The van der Waals surface area contributed by atoms with E-state index < -0.39 is 16.1 Å². The van der Waals surface area contributed by atoms with Crippen molar-refractivity contribution in [3.05, 3.63) is 42.7 Å². The van der Waals surface area contributed by atoms with Crippen LogP contribution in [0.4, 0.5) is 0 Å². The number of sulfonamides is 1. The van der Waals surface area contributed by atoms with E-state index in [2.05, 4.69) is 14.6 Å². The van der Waals surface area contributed by atoms with Crippen LogP contribution in [-0.2, 0) is 14.8 Å². The molecule has 2 fully saturated rings. The summed E-state index contributed by atoms with van der Waals surface area (Å²) in [6.07, 6.45) is 5.69. The summed E-state index contributed by atoms with van der Waals surface area (Å²) < 4.78 is 34.5. The van der Waals surface area contributed by atoms with Crippen LogP contribution in [0.25, 0.3) is 11.1 Å². The number of amides is 1. The first-order valence-corrected chi connectivity index (χ1v) is 12.3. The molecule has 0 bridgehead atoms. The second-order valence-electron chi connectivity index (χ2n) is 8.07. The topological polar surface area (TPSA) is 118 Å². The lowest BCUT2D eigenvalue weighted by Crippen LogP contribution is -2.57. The van der Waals surface area contributed by atoms with Gasteiger partial charge in [0.1, 0.15) is 16.7 Å². The predicted octanol–water partition coefficient (Wildman–Crippen LogP) is 1.09. The first kappa shape index (κ1) is 25.4. The maximum absolute atomic E-state index is 13.3. The van der Waals surface area contributed by atoms with Crippen LogP contribution in [0, 0.1) is 0 Å². The van der Waals surface area contributed by atoms with Crippen LogP contribution in [0.2, 0.25) is 0 Å². The first-order valence-electron chi connectivity index (χ1n) is 10.8. The number of nitrogens with one attached hydrogen (secondary N) is 1. The minimum Gasteiger partial charge on any atom is -0.495 e. The van der Waals surface area contributed by atoms with E-state index in [0.29, 0.717) is 24.7 Å². The van der Waals surface area contributed by atoms with Crippen LogP contribution in [0.5, 0.6) is 5.75 Å². The summed E-state index contributed by atoms with van der Waals surface area (Å²) in [7, 11) is -2.65. The van der Waals surface area contributed by atoms with Crippen molar-refractivity contribution in [3.63, 3.8) is 0 Å². The quantitative estimate of drug-likeness (QED) is 0.562. The molecule has 9 nitrogen and oxygen atoms in total. The molecule has 2 heterocycles. The fourth-order valence-corrected chi connectivity index (χ4v) is 5.51. The third-order valence-corrected chi connectivity index (χ3v) is 7.48. The number of aromatic nitrogens is 1. The Balaban J connectivity index is 0.00000306. The SMILES string of the molecule is COc1c(-c2ccncc2)cccc1S(=O)(=O)N[C@@H](CN)C(=O)N1CCN(C2CC2)CC1.Cl.